The molecule has 2 heterocycles. The Morgan fingerprint density at radius 1 is 1.04 bits per heavy atom. The third-order valence-electron chi connectivity index (χ3n) is 3.41. The molecular formula is C19H25FN4O. The van der Waals surface area contributed by atoms with Gasteiger partial charge in [-0.2, -0.15) is 0 Å². The molecule has 1 aliphatic heterocycles. The molecule has 0 radical (unpaired) electrons. The molecule has 0 saturated carbocycles. The fourth-order valence-corrected chi connectivity index (χ4v) is 2.23. The van der Waals surface area contributed by atoms with Crippen LogP contribution in [0.5, 0.6) is 0 Å². The predicted octanol–water partition coefficient (Wildman–Crippen LogP) is 2.92. The summed E-state index contributed by atoms with van der Waals surface area (Å²) in [4.78, 5) is 22.8. The van der Waals surface area contributed by atoms with Crippen LogP contribution in [0.3, 0.4) is 0 Å². The zero-order valence-corrected chi connectivity index (χ0v) is 15.0. The van der Waals surface area contributed by atoms with Gasteiger partial charge in [-0.3, -0.25) is 4.79 Å². The number of carbonyl (C=O) groups excluding carboxylic acids is 1. The van der Waals surface area contributed by atoms with Gasteiger partial charge in [0.25, 0.3) is 0 Å². The average Bonchev–Trinajstić information content (AvgIpc) is 2.62. The lowest BCUT2D eigenvalue weighted by atomic mass is 10.1. The second-order valence-electron chi connectivity index (χ2n) is 6.58. The lowest BCUT2D eigenvalue weighted by molar-refractivity contribution is 0.103. The number of rotatable bonds is 3. The molecular weight excluding hydrogens is 319 g/mol. The van der Waals surface area contributed by atoms with E-state index in [2.05, 4.69) is 41.0 Å². The van der Waals surface area contributed by atoms with E-state index >= 15 is 0 Å². The first-order chi connectivity index (χ1) is 12.0. The zero-order chi connectivity index (χ0) is 18.2. The molecule has 0 aliphatic carbocycles. The summed E-state index contributed by atoms with van der Waals surface area (Å²) in [6.45, 7) is 10.0. The van der Waals surface area contributed by atoms with Gasteiger partial charge < -0.3 is 10.2 Å². The van der Waals surface area contributed by atoms with Crippen molar-refractivity contribution >= 4 is 11.7 Å². The molecule has 1 aromatic carbocycles. The highest BCUT2D eigenvalue weighted by Crippen LogP contribution is 2.12. The van der Waals surface area contributed by atoms with Crippen molar-refractivity contribution in [2.75, 3.05) is 31.1 Å². The molecule has 5 nitrogen and oxygen atoms in total. The smallest absolute Gasteiger partial charge is 0.225 e. The maximum Gasteiger partial charge on any atom is 0.225 e. The maximum absolute atomic E-state index is 12.9. The van der Waals surface area contributed by atoms with Gasteiger partial charge in [-0.15, -0.1) is 0 Å². The molecule has 0 unspecified atom stereocenters. The van der Waals surface area contributed by atoms with E-state index in [1.165, 1.54) is 36.7 Å². The SMILES string of the molecule is CC(C)C.O=C(c1ccc(F)cc1)c1cnc(N2CCNCC2)nc1. The topological polar surface area (TPSA) is 58.1 Å². The van der Waals surface area contributed by atoms with Crippen LogP contribution < -0.4 is 10.2 Å². The molecule has 1 aliphatic rings. The largest absolute Gasteiger partial charge is 0.338 e. The lowest BCUT2D eigenvalue weighted by Crippen LogP contribution is -2.44. The average molecular weight is 344 g/mol. The number of aromatic nitrogens is 2. The van der Waals surface area contributed by atoms with Crippen molar-refractivity contribution < 1.29 is 9.18 Å². The minimum atomic E-state index is -0.364. The van der Waals surface area contributed by atoms with Crippen LogP contribution in [0.1, 0.15) is 36.7 Å². The Labute approximate surface area is 148 Å². The van der Waals surface area contributed by atoms with Crippen molar-refractivity contribution in [1.29, 1.82) is 0 Å². The van der Waals surface area contributed by atoms with Crippen LogP contribution >= 0.6 is 0 Å². The number of halogens is 1. The fraction of sp³-hybridized carbons (Fsp3) is 0.421. The lowest BCUT2D eigenvalue weighted by Gasteiger charge is -2.27. The first-order valence-corrected chi connectivity index (χ1v) is 8.55. The van der Waals surface area contributed by atoms with Crippen molar-refractivity contribution in [3.8, 4) is 0 Å². The summed E-state index contributed by atoms with van der Waals surface area (Å²) in [5.74, 6) is 0.894. The Morgan fingerprint density at radius 2 is 1.56 bits per heavy atom. The van der Waals surface area contributed by atoms with E-state index in [0.29, 0.717) is 17.1 Å². The van der Waals surface area contributed by atoms with Crippen LogP contribution in [-0.2, 0) is 0 Å². The third kappa shape index (κ3) is 5.90. The van der Waals surface area contributed by atoms with E-state index < -0.39 is 0 Å². The number of benzene rings is 1. The summed E-state index contributed by atoms with van der Waals surface area (Å²) in [6.07, 6.45) is 3.05. The van der Waals surface area contributed by atoms with E-state index in [4.69, 9.17) is 0 Å². The van der Waals surface area contributed by atoms with Gasteiger partial charge in [-0.05, 0) is 30.2 Å². The highest BCUT2D eigenvalue weighted by atomic mass is 19.1. The van der Waals surface area contributed by atoms with Crippen molar-refractivity contribution in [2.24, 2.45) is 5.92 Å². The van der Waals surface area contributed by atoms with Gasteiger partial charge in [0.15, 0.2) is 5.78 Å². The second-order valence-corrected chi connectivity index (χ2v) is 6.58. The quantitative estimate of drug-likeness (QED) is 0.868. The number of nitrogens with zero attached hydrogens (tertiary/aromatic N) is 3. The van der Waals surface area contributed by atoms with Gasteiger partial charge in [0, 0.05) is 44.1 Å². The Balaban J connectivity index is 0.000000511. The second kappa shape index (κ2) is 9.22. The number of hydrogen-bond acceptors (Lipinski definition) is 5. The summed E-state index contributed by atoms with van der Waals surface area (Å²) < 4.78 is 12.9. The van der Waals surface area contributed by atoms with Crippen LogP contribution in [0.2, 0.25) is 0 Å². The summed E-state index contributed by atoms with van der Waals surface area (Å²) >= 11 is 0. The van der Waals surface area contributed by atoms with Gasteiger partial charge in [-0.25, -0.2) is 14.4 Å². The number of nitrogens with one attached hydrogen (secondary N) is 1. The van der Waals surface area contributed by atoms with E-state index in [1.807, 2.05) is 0 Å². The minimum absolute atomic E-state index is 0.207. The standard InChI is InChI=1S/C15H15FN4O.C4H10/c16-13-3-1-11(2-4-13)14(21)12-9-18-15(19-10-12)20-7-5-17-6-8-20;1-4(2)3/h1-4,9-10,17H,5-8H2;4H,1-3H3. The van der Waals surface area contributed by atoms with E-state index in [0.717, 1.165) is 32.1 Å². The molecule has 6 heteroatoms. The van der Waals surface area contributed by atoms with Gasteiger partial charge in [0.05, 0.1) is 5.56 Å². The Bertz CT molecular complexity index is 662. The number of anilines is 1. The monoisotopic (exact) mass is 344 g/mol. The van der Waals surface area contributed by atoms with E-state index in [-0.39, 0.29) is 11.6 Å². The van der Waals surface area contributed by atoms with Crippen LogP contribution in [0, 0.1) is 11.7 Å². The first-order valence-electron chi connectivity index (χ1n) is 8.55. The summed E-state index contributed by atoms with van der Waals surface area (Å²) in [5.41, 5.74) is 0.829. The van der Waals surface area contributed by atoms with Crippen LogP contribution in [0.4, 0.5) is 10.3 Å². The first kappa shape index (κ1) is 19.0. The molecule has 0 atom stereocenters. The van der Waals surface area contributed by atoms with Crippen molar-refractivity contribution in [2.45, 2.75) is 20.8 Å². The Morgan fingerprint density at radius 3 is 2.08 bits per heavy atom. The van der Waals surface area contributed by atoms with Crippen molar-refractivity contribution in [3.63, 3.8) is 0 Å². The van der Waals surface area contributed by atoms with Gasteiger partial charge >= 0.3 is 0 Å². The number of carbonyl (C=O) groups is 1. The normalized spacial score (nSPS) is 14.0. The fourth-order valence-electron chi connectivity index (χ4n) is 2.23. The summed E-state index contributed by atoms with van der Waals surface area (Å²) in [5, 5.41) is 3.26. The highest BCUT2D eigenvalue weighted by molar-refractivity contribution is 6.08. The molecule has 0 spiro atoms. The maximum atomic E-state index is 12.9. The van der Waals surface area contributed by atoms with Gasteiger partial charge in [-0.1, -0.05) is 20.8 Å². The molecule has 1 fully saturated rings. The van der Waals surface area contributed by atoms with Crippen LogP contribution in [-0.4, -0.2) is 41.9 Å². The van der Waals surface area contributed by atoms with Gasteiger partial charge in [0.1, 0.15) is 5.82 Å². The Kier molecular flexibility index (Phi) is 7.01. The molecule has 25 heavy (non-hydrogen) atoms. The zero-order valence-electron chi connectivity index (χ0n) is 15.0. The molecule has 1 N–H and O–H groups in total. The van der Waals surface area contributed by atoms with Crippen LogP contribution in [0.15, 0.2) is 36.7 Å². The summed E-state index contributed by atoms with van der Waals surface area (Å²) in [7, 11) is 0. The van der Waals surface area contributed by atoms with Crippen molar-refractivity contribution in [3.05, 3.63) is 53.6 Å². The minimum Gasteiger partial charge on any atom is -0.338 e. The van der Waals surface area contributed by atoms with Crippen molar-refractivity contribution in [1.82, 2.24) is 15.3 Å². The molecule has 3 rings (SSSR count). The molecule has 134 valence electrons. The number of hydrogen-bond donors (Lipinski definition) is 1. The molecule has 1 aromatic heterocycles. The molecule has 2 aromatic rings. The number of ketones is 1. The van der Waals surface area contributed by atoms with E-state index in [1.54, 1.807) is 0 Å². The highest BCUT2D eigenvalue weighted by Gasteiger charge is 2.15. The van der Waals surface area contributed by atoms with E-state index in [9.17, 15) is 9.18 Å². The third-order valence-corrected chi connectivity index (χ3v) is 3.41. The summed E-state index contributed by atoms with van der Waals surface area (Å²) in [6, 6.07) is 5.45. The Hall–Kier alpha value is -2.34. The molecule has 1 saturated heterocycles. The number of piperazine rings is 1. The molecule has 0 bridgehead atoms. The van der Waals surface area contributed by atoms with Crippen LogP contribution in [0.25, 0.3) is 0 Å². The predicted molar refractivity (Wildman–Crippen MR) is 97.5 cm³/mol. The molecule has 0 amide bonds. The van der Waals surface area contributed by atoms with Gasteiger partial charge in [0.2, 0.25) is 5.95 Å².